The van der Waals surface area contributed by atoms with Crippen molar-refractivity contribution >= 4 is 23.1 Å². The number of alkyl halides is 3. The van der Waals surface area contributed by atoms with Crippen LogP contribution in [0.15, 0.2) is 36.5 Å². The van der Waals surface area contributed by atoms with Crippen LogP contribution in [0.2, 0.25) is 0 Å². The van der Waals surface area contributed by atoms with Crippen molar-refractivity contribution in [3.05, 3.63) is 62.3 Å². The predicted molar refractivity (Wildman–Crippen MR) is 87.7 cm³/mol. The molecular weight excluding hydrogens is 389 g/mol. The minimum atomic E-state index is -4.97. The first-order valence-electron chi connectivity index (χ1n) is 7.43. The van der Waals surface area contributed by atoms with E-state index < -0.39 is 50.8 Å². The molecule has 0 aliphatic heterocycles. The smallest absolute Gasteiger partial charge is 0.418 e. The van der Waals surface area contributed by atoms with Crippen LogP contribution in [0.25, 0.3) is 0 Å². The van der Waals surface area contributed by atoms with Gasteiger partial charge in [0.05, 0.1) is 16.2 Å². The molecule has 10 nitrogen and oxygen atoms in total. The molecule has 0 spiro atoms. The van der Waals surface area contributed by atoms with E-state index in [1.54, 1.807) is 0 Å². The number of amides is 1. The number of pyridine rings is 1. The fourth-order valence-corrected chi connectivity index (χ4v) is 2.08. The second kappa shape index (κ2) is 7.85. The normalized spacial score (nSPS) is 12.1. The number of benzene rings is 1. The van der Waals surface area contributed by atoms with Gasteiger partial charge < -0.3 is 20.2 Å². The molecule has 148 valence electrons. The summed E-state index contributed by atoms with van der Waals surface area (Å²) in [4.78, 5) is 35.4. The number of nitro benzene ring substituents is 1. The van der Waals surface area contributed by atoms with E-state index in [1.807, 2.05) is 5.32 Å². The Balaban J connectivity index is 2.25. The van der Waals surface area contributed by atoms with E-state index in [4.69, 9.17) is 4.74 Å². The average molecular weight is 400 g/mol. The number of anilines is 1. The van der Waals surface area contributed by atoms with Crippen LogP contribution in [0.3, 0.4) is 0 Å². The zero-order valence-electron chi connectivity index (χ0n) is 14.0. The Morgan fingerprint density at radius 2 is 1.89 bits per heavy atom. The van der Waals surface area contributed by atoms with Crippen molar-refractivity contribution in [1.29, 1.82) is 0 Å². The summed E-state index contributed by atoms with van der Waals surface area (Å²) in [6.07, 6.45) is -5.28. The maximum absolute atomic E-state index is 13.1. The summed E-state index contributed by atoms with van der Waals surface area (Å²) in [5, 5.41) is 23.5. The summed E-state index contributed by atoms with van der Waals surface area (Å²) in [6, 6.07) is 4.29. The lowest BCUT2D eigenvalue weighted by atomic mass is 10.1. The van der Waals surface area contributed by atoms with Crippen LogP contribution in [0.4, 0.5) is 30.4 Å². The fraction of sp³-hybridized carbons (Fsp3) is 0.200. The van der Waals surface area contributed by atoms with Crippen molar-refractivity contribution in [2.24, 2.45) is 0 Å². The third-order valence-electron chi connectivity index (χ3n) is 3.37. The van der Waals surface area contributed by atoms with Gasteiger partial charge in [-0.1, -0.05) is 0 Å². The second-order valence-corrected chi connectivity index (χ2v) is 5.32. The van der Waals surface area contributed by atoms with Crippen LogP contribution in [0.1, 0.15) is 12.5 Å². The summed E-state index contributed by atoms with van der Waals surface area (Å²) >= 11 is 0. The van der Waals surface area contributed by atoms with Crippen molar-refractivity contribution in [1.82, 2.24) is 4.98 Å². The summed E-state index contributed by atoms with van der Waals surface area (Å²) in [5.74, 6) is -2.08. The number of rotatable bonds is 6. The SMILES string of the molecule is C[C@@H](Oc1cccnc1[N+](=O)[O-])C(=O)Nc1ccc([N+](=O)[O-])cc1C(F)(F)F. The summed E-state index contributed by atoms with van der Waals surface area (Å²) in [6.45, 7) is 1.16. The van der Waals surface area contributed by atoms with E-state index >= 15 is 0 Å². The Bertz CT molecular complexity index is 934. The minimum Gasteiger partial charge on any atom is -0.473 e. The first-order valence-corrected chi connectivity index (χ1v) is 7.43. The lowest BCUT2D eigenvalue weighted by molar-refractivity contribution is -0.390. The molecule has 0 aliphatic rings. The zero-order valence-corrected chi connectivity index (χ0v) is 14.0. The molecule has 28 heavy (non-hydrogen) atoms. The van der Waals surface area contributed by atoms with Gasteiger partial charge in [-0.25, -0.2) is 0 Å². The third kappa shape index (κ3) is 4.69. The van der Waals surface area contributed by atoms with Gasteiger partial charge in [0.25, 0.3) is 11.6 Å². The molecule has 0 aliphatic carbocycles. The van der Waals surface area contributed by atoms with E-state index in [0.717, 1.165) is 25.3 Å². The van der Waals surface area contributed by atoms with Gasteiger partial charge >= 0.3 is 12.0 Å². The molecule has 1 atom stereocenters. The van der Waals surface area contributed by atoms with Gasteiger partial charge in [0.2, 0.25) is 5.75 Å². The number of ether oxygens (including phenoxy) is 1. The molecule has 2 aromatic rings. The minimum absolute atomic E-state index is 0.285. The van der Waals surface area contributed by atoms with Crippen molar-refractivity contribution in [3.63, 3.8) is 0 Å². The van der Waals surface area contributed by atoms with Gasteiger partial charge in [-0.15, -0.1) is 0 Å². The second-order valence-electron chi connectivity index (χ2n) is 5.32. The number of nitro groups is 2. The number of aromatic nitrogens is 1. The first kappa shape index (κ1) is 20.5. The topological polar surface area (TPSA) is 138 Å². The standard InChI is InChI=1S/C15H11F3N4O6/c1-8(28-12-3-2-6-19-13(12)22(26)27)14(23)20-11-5-4-9(21(24)25)7-10(11)15(16,17)18/h2-8H,1H3,(H,20,23)/t8-/m1/s1. The molecule has 1 N–H and O–H groups in total. The van der Waals surface area contributed by atoms with Crippen molar-refractivity contribution < 1.29 is 32.5 Å². The highest BCUT2D eigenvalue weighted by atomic mass is 19.4. The fourth-order valence-electron chi connectivity index (χ4n) is 2.08. The number of hydrogen-bond acceptors (Lipinski definition) is 7. The van der Waals surface area contributed by atoms with Gasteiger partial charge in [-0.05, 0) is 35.0 Å². The Morgan fingerprint density at radius 3 is 2.46 bits per heavy atom. The third-order valence-corrected chi connectivity index (χ3v) is 3.37. The molecular formula is C15H11F3N4O6. The molecule has 0 fully saturated rings. The lowest BCUT2D eigenvalue weighted by Gasteiger charge is -2.17. The van der Waals surface area contributed by atoms with Crippen molar-refractivity contribution in [3.8, 4) is 5.75 Å². The van der Waals surface area contributed by atoms with Crippen LogP contribution >= 0.6 is 0 Å². The molecule has 1 amide bonds. The van der Waals surface area contributed by atoms with E-state index in [-0.39, 0.29) is 11.8 Å². The van der Waals surface area contributed by atoms with Crippen LogP contribution in [-0.2, 0) is 11.0 Å². The number of nitrogens with zero attached hydrogens (tertiary/aromatic N) is 3. The lowest BCUT2D eigenvalue weighted by Crippen LogP contribution is -2.31. The predicted octanol–water partition coefficient (Wildman–Crippen LogP) is 3.32. The monoisotopic (exact) mass is 400 g/mol. The molecule has 1 aromatic heterocycles. The Kier molecular flexibility index (Phi) is 5.76. The summed E-state index contributed by atoms with van der Waals surface area (Å²) in [7, 11) is 0. The zero-order chi connectivity index (χ0) is 21.1. The highest BCUT2D eigenvalue weighted by Crippen LogP contribution is 2.37. The van der Waals surface area contributed by atoms with Gasteiger partial charge in [0, 0.05) is 12.1 Å². The Hall–Kier alpha value is -3.77. The van der Waals surface area contributed by atoms with Gasteiger partial charge in [-0.2, -0.15) is 13.2 Å². The van der Waals surface area contributed by atoms with E-state index in [0.29, 0.717) is 0 Å². The summed E-state index contributed by atoms with van der Waals surface area (Å²) in [5.41, 5.74) is -2.95. The maximum atomic E-state index is 13.1. The average Bonchev–Trinajstić information content (AvgIpc) is 2.61. The van der Waals surface area contributed by atoms with E-state index in [2.05, 4.69) is 4.98 Å². The first-order chi connectivity index (χ1) is 13.0. The molecule has 0 bridgehead atoms. The number of nitrogens with one attached hydrogen (secondary N) is 1. The molecule has 0 radical (unpaired) electrons. The molecule has 0 unspecified atom stereocenters. The molecule has 13 heteroatoms. The van der Waals surface area contributed by atoms with Crippen LogP contribution in [0.5, 0.6) is 5.75 Å². The van der Waals surface area contributed by atoms with Crippen LogP contribution in [-0.4, -0.2) is 26.8 Å². The number of hydrogen-bond donors (Lipinski definition) is 1. The van der Waals surface area contributed by atoms with Crippen LogP contribution in [0, 0.1) is 20.2 Å². The summed E-state index contributed by atoms with van der Waals surface area (Å²) < 4.78 is 44.6. The molecule has 0 saturated heterocycles. The Labute approximate surface area is 154 Å². The number of carbonyl (C=O) groups excluding carboxylic acids is 1. The van der Waals surface area contributed by atoms with E-state index in [1.165, 1.54) is 12.1 Å². The van der Waals surface area contributed by atoms with Crippen LogP contribution < -0.4 is 10.1 Å². The van der Waals surface area contributed by atoms with E-state index in [9.17, 15) is 38.2 Å². The largest absolute Gasteiger partial charge is 0.473 e. The number of halogens is 3. The quantitative estimate of drug-likeness (QED) is 0.580. The molecule has 0 saturated carbocycles. The number of non-ortho nitro benzene ring substituents is 1. The van der Waals surface area contributed by atoms with Crippen molar-refractivity contribution in [2.45, 2.75) is 19.2 Å². The molecule has 2 rings (SSSR count). The molecule has 1 aromatic carbocycles. The maximum Gasteiger partial charge on any atom is 0.418 e. The number of carbonyl (C=O) groups is 1. The molecule has 1 heterocycles. The van der Waals surface area contributed by atoms with Gasteiger partial charge in [-0.3, -0.25) is 14.9 Å². The highest BCUT2D eigenvalue weighted by molar-refractivity contribution is 5.95. The highest BCUT2D eigenvalue weighted by Gasteiger charge is 2.36. The van der Waals surface area contributed by atoms with Gasteiger partial charge in [0.1, 0.15) is 6.20 Å². The van der Waals surface area contributed by atoms with Crippen molar-refractivity contribution in [2.75, 3.05) is 5.32 Å². The Morgan fingerprint density at radius 1 is 1.21 bits per heavy atom. The van der Waals surface area contributed by atoms with Gasteiger partial charge in [0.15, 0.2) is 6.10 Å².